The van der Waals surface area contributed by atoms with Gasteiger partial charge in [0.25, 0.3) is 0 Å². The molecule has 6 heteroatoms. The van der Waals surface area contributed by atoms with Gasteiger partial charge in [-0.15, -0.1) is 0 Å². The molecule has 0 bridgehead atoms. The van der Waals surface area contributed by atoms with Crippen molar-refractivity contribution in [3.05, 3.63) is 34.8 Å². The molecule has 1 aliphatic rings. The second-order valence-electron chi connectivity index (χ2n) is 5.36. The summed E-state index contributed by atoms with van der Waals surface area (Å²) in [6, 6.07) is 7.07. The zero-order chi connectivity index (χ0) is 14.8. The Morgan fingerprint density at radius 3 is 3.05 bits per heavy atom. The zero-order valence-electron chi connectivity index (χ0n) is 11.9. The maximum atomic E-state index is 12.0. The van der Waals surface area contributed by atoms with Crippen LogP contribution in [0.4, 0.5) is 0 Å². The summed E-state index contributed by atoms with van der Waals surface area (Å²) in [6.07, 6.45) is 1.32. The van der Waals surface area contributed by atoms with Crippen LogP contribution in [0.2, 0.25) is 0 Å². The van der Waals surface area contributed by atoms with Crippen LogP contribution in [0.5, 0.6) is 0 Å². The number of aromatic nitrogens is 1. The first-order chi connectivity index (χ1) is 10.1. The van der Waals surface area contributed by atoms with E-state index in [9.17, 15) is 9.59 Å². The lowest BCUT2D eigenvalue weighted by Crippen LogP contribution is -2.42. The van der Waals surface area contributed by atoms with Gasteiger partial charge in [-0.3, -0.25) is 9.36 Å². The molecular weight excluding hydrogens is 272 g/mol. The lowest BCUT2D eigenvalue weighted by atomic mass is 10.2. The minimum absolute atomic E-state index is 0.110. The van der Waals surface area contributed by atoms with Crippen LogP contribution in [0.3, 0.4) is 0 Å². The Hall–Kier alpha value is -2.08. The molecule has 2 heterocycles. The number of ether oxygens (including phenoxy) is 1. The first-order valence-electron chi connectivity index (χ1n) is 7.15. The highest BCUT2D eigenvalue weighted by Gasteiger charge is 2.24. The van der Waals surface area contributed by atoms with E-state index in [4.69, 9.17) is 9.15 Å². The molecule has 1 saturated heterocycles. The van der Waals surface area contributed by atoms with Gasteiger partial charge in [0.2, 0.25) is 5.91 Å². The number of nitrogens with one attached hydrogen (secondary N) is 1. The number of hydrogen-bond donors (Lipinski definition) is 1. The average Bonchev–Trinajstić information content (AvgIpc) is 3.08. The fourth-order valence-electron chi connectivity index (χ4n) is 2.63. The second kappa shape index (κ2) is 5.73. The molecule has 0 saturated carbocycles. The number of benzene rings is 1. The van der Waals surface area contributed by atoms with Gasteiger partial charge in [0.05, 0.1) is 5.52 Å². The first-order valence-corrected chi connectivity index (χ1v) is 7.15. The van der Waals surface area contributed by atoms with Crippen LogP contribution in [0.15, 0.2) is 33.5 Å². The monoisotopic (exact) mass is 290 g/mol. The van der Waals surface area contributed by atoms with E-state index in [1.807, 2.05) is 25.1 Å². The SMILES string of the molecule is C[C@@H](Cn1c(=O)oc2ccccc21)NC(=O)[C@@H]1CCCO1. The van der Waals surface area contributed by atoms with Gasteiger partial charge in [0.15, 0.2) is 5.58 Å². The van der Waals surface area contributed by atoms with E-state index in [-0.39, 0.29) is 18.1 Å². The third kappa shape index (κ3) is 2.85. The number of para-hydroxylation sites is 2. The van der Waals surface area contributed by atoms with Crippen molar-refractivity contribution in [3.8, 4) is 0 Å². The number of hydrogen-bond acceptors (Lipinski definition) is 4. The highest BCUT2D eigenvalue weighted by atomic mass is 16.5. The van der Waals surface area contributed by atoms with Crippen molar-refractivity contribution >= 4 is 17.0 Å². The molecule has 2 atom stereocenters. The number of nitrogens with zero attached hydrogens (tertiary/aromatic N) is 1. The molecule has 112 valence electrons. The van der Waals surface area contributed by atoms with Gasteiger partial charge in [-0.2, -0.15) is 0 Å². The van der Waals surface area contributed by atoms with Crippen molar-refractivity contribution < 1.29 is 13.9 Å². The number of amides is 1. The zero-order valence-corrected chi connectivity index (χ0v) is 11.9. The minimum atomic E-state index is -0.408. The van der Waals surface area contributed by atoms with E-state index < -0.39 is 5.76 Å². The van der Waals surface area contributed by atoms with Gasteiger partial charge in [-0.25, -0.2) is 4.79 Å². The van der Waals surface area contributed by atoms with Crippen LogP contribution < -0.4 is 11.1 Å². The quantitative estimate of drug-likeness (QED) is 0.920. The molecule has 1 aliphatic heterocycles. The highest BCUT2D eigenvalue weighted by Crippen LogP contribution is 2.14. The van der Waals surface area contributed by atoms with E-state index in [0.29, 0.717) is 18.7 Å². The molecule has 1 N–H and O–H groups in total. The number of fused-ring (bicyclic) bond motifs is 1. The molecule has 6 nitrogen and oxygen atoms in total. The smallest absolute Gasteiger partial charge is 0.408 e. The van der Waals surface area contributed by atoms with Crippen LogP contribution >= 0.6 is 0 Å². The Morgan fingerprint density at radius 1 is 1.48 bits per heavy atom. The van der Waals surface area contributed by atoms with Crippen LogP contribution in [0, 0.1) is 0 Å². The van der Waals surface area contributed by atoms with Crippen molar-refractivity contribution in [2.45, 2.75) is 38.5 Å². The summed E-state index contributed by atoms with van der Waals surface area (Å²) in [7, 11) is 0. The third-order valence-corrected chi connectivity index (χ3v) is 3.64. The lowest BCUT2D eigenvalue weighted by molar-refractivity contribution is -0.130. The van der Waals surface area contributed by atoms with Crippen molar-refractivity contribution in [2.75, 3.05) is 6.61 Å². The Bertz CT molecular complexity index is 697. The van der Waals surface area contributed by atoms with E-state index in [2.05, 4.69) is 5.32 Å². The molecule has 0 radical (unpaired) electrons. The fraction of sp³-hybridized carbons (Fsp3) is 0.467. The normalized spacial score (nSPS) is 19.8. The Kier molecular flexibility index (Phi) is 3.79. The first kappa shape index (κ1) is 13.9. The summed E-state index contributed by atoms with van der Waals surface area (Å²) < 4.78 is 12.1. The minimum Gasteiger partial charge on any atom is -0.408 e. The predicted molar refractivity (Wildman–Crippen MR) is 77.1 cm³/mol. The predicted octanol–water partition coefficient (Wildman–Crippen LogP) is 1.28. The number of oxazole rings is 1. The fourth-order valence-corrected chi connectivity index (χ4v) is 2.63. The van der Waals surface area contributed by atoms with Crippen LogP contribution in [-0.4, -0.2) is 29.2 Å². The molecule has 0 spiro atoms. The largest absolute Gasteiger partial charge is 0.420 e. The summed E-state index contributed by atoms with van der Waals surface area (Å²) in [6.45, 7) is 2.87. The van der Waals surface area contributed by atoms with Gasteiger partial charge in [0.1, 0.15) is 6.10 Å². The van der Waals surface area contributed by atoms with E-state index >= 15 is 0 Å². The molecule has 2 aromatic rings. The summed E-state index contributed by atoms with van der Waals surface area (Å²) in [4.78, 5) is 23.9. The number of carbonyl (C=O) groups excluding carboxylic acids is 1. The summed E-state index contributed by atoms with van der Waals surface area (Å²) in [5, 5.41) is 2.89. The van der Waals surface area contributed by atoms with E-state index in [0.717, 1.165) is 18.4 Å². The standard InChI is InChI=1S/C15H18N2O4/c1-10(16-14(18)13-7-4-8-20-13)9-17-11-5-2-3-6-12(11)21-15(17)19/h2-3,5-6,10,13H,4,7-9H2,1H3,(H,16,18)/t10-,13-/m0/s1. The maximum absolute atomic E-state index is 12.0. The van der Waals surface area contributed by atoms with Gasteiger partial charge in [-0.1, -0.05) is 12.1 Å². The number of carbonyl (C=O) groups is 1. The summed E-state index contributed by atoms with van der Waals surface area (Å²) >= 11 is 0. The molecule has 1 aromatic carbocycles. The molecule has 0 unspecified atom stereocenters. The molecule has 1 fully saturated rings. The van der Waals surface area contributed by atoms with Crippen molar-refractivity contribution in [1.29, 1.82) is 0 Å². The number of rotatable bonds is 4. The van der Waals surface area contributed by atoms with E-state index in [1.165, 1.54) is 4.57 Å². The topological polar surface area (TPSA) is 73.5 Å². The van der Waals surface area contributed by atoms with Crippen LogP contribution in [0.25, 0.3) is 11.1 Å². The van der Waals surface area contributed by atoms with Gasteiger partial charge < -0.3 is 14.5 Å². The van der Waals surface area contributed by atoms with E-state index in [1.54, 1.807) is 6.07 Å². The van der Waals surface area contributed by atoms with Crippen molar-refractivity contribution in [3.63, 3.8) is 0 Å². The van der Waals surface area contributed by atoms with Gasteiger partial charge in [-0.05, 0) is 31.9 Å². The highest BCUT2D eigenvalue weighted by molar-refractivity contribution is 5.81. The summed E-state index contributed by atoms with van der Waals surface area (Å²) in [5.41, 5.74) is 1.29. The maximum Gasteiger partial charge on any atom is 0.420 e. The Balaban J connectivity index is 1.71. The Morgan fingerprint density at radius 2 is 2.29 bits per heavy atom. The molecular formula is C15H18N2O4. The van der Waals surface area contributed by atoms with Gasteiger partial charge in [0, 0.05) is 19.2 Å². The molecule has 21 heavy (non-hydrogen) atoms. The van der Waals surface area contributed by atoms with Crippen LogP contribution in [-0.2, 0) is 16.1 Å². The van der Waals surface area contributed by atoms with Crippen molar-refractivity contribution in [2.24, 2.45) is 0 Å². The Labute approximate surface area is 121 Å². The molecule has 0 aliphatic carbocycles. The second-order valence-corrected chi connectivity index (χ2v) is 5.36. The van der Waals surface area contributed by atoms with Crippen molar-refractivity contribution in [1.82, 2.24) is 9.88 Å². The summed E-state index contributed by atoms with van der Waals surface area (Å²) in [5.74, 6) is -0.518. The molecule has 3 rings (SSSR count). The molecule has 1 aromatic heterocycles. The average molecular weight is 290 g/mol. The third-order valence-electron chi connectivity index (χ3n) is 3.64. The van der Waals surface area contributed by atoms with Crippen LogP contribution in [0.1, 0.15) is 19.8 Å². The van der Waals surface area contributed by atoms with Gasteiger partial charge >= 0.3 is 5.76 Å². The molecule has 1 amide bonds. The lowest BCUT2D eigenvalue weighted by Gasteiger charge is -2.17.